The van der Waals surface area contributed by atoms with Crippen molar-refractivity contribution in [3.8, 4) is 0 Å². The molecule has 0 unspecified atom stereocenters. The third-order valence-corrected chi connectivity index (χ3v) is 5.88. The van der Waals surface area contributed by atoms with E-state index in [-0.39, 0.29) is 17.9 Å². The van der Waals surface area contributed by atoms with E-state index >= 15 is 0 Å². The molecule has 0 saturated heterocycles. The van der Waals surface area contributed by atoms with Gasteiger partial charge in [0.15, 0.2) is 6.54 Å². The third-order valence-electron chi connectivity index (χ3n) is 4.92. The zero-order valence-electron chi connectivity index (χ0n) is 17.4. The molecule has 5 nitrogen and oxygen atoms in total. The fourth-order valence-electron chi connectivity index (χ4n) is 3.35. The fourth-order valence-corrected chi connectivity index (χ4v) is 4.20. The van der Waals surface area contributed by atoms with Crippen molar-refractivity contribution in [2.75, 3.05) is 18.9 Å². The Labute approximate surface area is 181 Å². The number of nitrogens with two attached hydrogens (primary N) is 1. The molecule has 0 radical (unpaired) electrons. The number of aryl methyl sites for hydroxylation is 1. The Morgan fingerprint density at radius 1 is 1.03 bits per heavy atom. The van der Waals surface area contributed by atoms with Gasteiger partial charge in [0, 0.05) is 23.9 Å². The summed E-state index contributed by atoms with van der Waals surface area (Å²) in [4.78, 5) is 25.4. The molecular formula is C24H28N3O2S+. The zero-order chi connectivity index (χ0) is 21.3. The SMILES string of the molecule is CCCc1ccc([C@@H]([NH2+]CC(=O)Nc2ccc(C(=O)NC)cc2)c2cccs2)cc1. The average Bonchev–Trinajstić information content (AvgIpc) is 3.30. The van der Waals surface area contributed by atoms with Gasteiger partial charge in [0.25, 0.3) is 11.8 Å². The quantitative estimate of drug-likeness (QED) is 0.495. The molecule has 0 aliphatic rings. The minimum Gasteiger partial charge on any atom is -0.355 e. The van der Waals surface area contributed by atoms with Crippen molar-refractivity contribution in [1.82, 2.24) is 5.32 Å². The predicted octanol–water partition coefficient (Wildman–Crippen LogP) is 3.35. The van der Waals surface area contributed by atoms with Crippen molar-refractivity contribution >= 4 is 28.8 Å². The lowest BCUT2D eigenvalue weighted by atomic mass is 10.0. The van der Waals surface area contributed by atoms with E-state index in [2.05, 4.69) is 58.6 Å². The van der Waals surface area contributed by atoms with Gasteiger partial charge < -0.3 is 16.0 Å². The molecule has 0 aliphatic heterocycles. The second-order valence-corrected chi connectivity index (χ2v) is 8.11. The smallest absolute Gasteiger partial charge is 0.279 e. The van der Waals surface area contributed by atoms with Gasteiger partial charge in [-0.2, -0.15) is 0 Å². The Balaban J connectivity index is 1.64. The van der Waals surface area contributed by atoms with Crippen LogP contribution in [0.15, 0.2) is 66.0 Å². The van der Waals surface area contributed by atoms with Crippen LogP contribution in [-0.2, 0) is 11.2 Å². The van der Waals surface area contributed by atoms with Gasteiger partial charge in [0.1, 0.15) is 6.04 Å². The predicted molar refractivity (Wildman–Crippen MR) is 122 cm³/mol. The van der Waals surface area contributed by atoms with Crippen LogP contribution in [0.1, 0.15) is 45.7 Å². The molecule has 6 heteroatoms. The topological polar surface area (TPSA) is 74.8 Å². The van der Waals surface area contributed by atoms with E-state index in [0.717, 1.165) is 12.8 Å². The van der Waals surface area contributed by atoms with Crippen molar-refractivity contribution in [2.24, 2.45) is 0 Å². The minimum atomic E-state index is -0.148. The van der Waals surface area contributed by atoms with Gasteiger partial charge in [-0.1, -0.05) is 43.7 Å². The summed E-state index contributed by atoms with van der Waals surface area (Å²) in [5.41, 5.74) is 3.77. The van der Waals surface area contributed by atoms with Crippen molar-refractivity contribution in [3.05, 3.63) is 87.6 Å². The zero-order valence-corrected chi connectivity index (χ0v) is 18.2. The molecular weight excluding hydrogens is 394 g/mol. The molecule has 156 valence electrons. The number of carbonyl (C=O) groups is 2. The molecule has 1 atom stereocenters. The summed E-state index contributed by atoms with van der Waals surface area (Å²) >= 11 is 1.70. The molecule has 1 aromatic heterocycles. The Kier molecular flexibility index (Phi) is 7.76. The van der Waals surface area contributed by atoms with E-state index in [1.165, 1.54) is 16.0 Å². The highest BCUT2D eigenvalue weighted by molar-refractivity contribution is 7.10. The molecule has 1 heterocycles. The number of hydrogen-bond donors (Lipinski definition) is 3. The summed E-state index contributed by atoms with van der Waals surface area (Å²) in [6.07, 6.45) is 2.21. The Bertz CT molecular complexity index is 951. The highest BCUT2D eigenvalue weighted by atomic mass is 32.1. The van der Waals surface area contributed by atoms with Crippen LogP contribution in [0.2, 0.25) is 0 Å². The molecule has 2 amide bonds. The number of quaternary nitrogens is 1. The molecule has 2 aromatic carbocycles. The summed E-state index contributed by atoms with van der Waals surface area (Å²) in [6, 6.07) is 19.8. The third kappa shape index (κ3) is 5.78. The monoisotopic (exact) mass is 422 g/mol. The lowest BCUT2D eigenvalue weighted by Gasteiger charge is -2.15. The van der Waals surface area contributed by atoms with Crippen molar-refractivity contribution in [2.45, 2.75) is 25.8 Å². The summed E-state index contributed by atoms with van der Waals surface area (Å²) in [5, 5.41) is 9.62. The van der Waals surface area contributed by atoms with Crippen LogP contribution < -0.4 is 16.0 Å². The van der Waals surface area contributed by atoms with Gasteiger partial charge >= 0.3 is 0 Å². The fraction of sp³-hybridized carbons (Fsp3) is 0.250. The number of amides is 2. The summed E-state index contributed by atoms with van der Waals surface area (Å²) in [7, 11) is 1.59. The highest BCUT2D eigenvalue weighted by Gasteiger charge is 2.20. The van der Waals surface area contributed by atoms with Crippen LogP contribution >= 0.6 is 11.3 Å². The van der Waals surface area contributed by atoms with Crippen molar-refractivity contribution < 1.29 is 14.9 Å². The van der Waals surface area contributed by atoms with Gasteiger partial charge in [-0.25, -0.2) is 0 Å². The van der Waals surface area contributed by atoms with E-state index in [0.29, 0.717) is 17.8 Å². The van der Waals surface area contributed by atoms with E-state index in [9.17, 15) is 9.59 Å². The summed E-state index contributed by atoms with van der Waals surface area (Å²) in [5.74, 6) is -0.225. The van der Waals surface area contributed by atoms with Crippen molar-refractivity contribution in [3.63, 3.8) is 0 Å². The first-order valence-electron chi connectivity index (χ1n) is 10.2. The van der Waals surface area contributed by atoms with Crippen LogP contribution in [0.5, 0.6) is 0 Å². The standard InChI is InChI=1S/C24H27N3O2S/c1-3-5-17-7-9-18(10-8-17)23(21-6-4-15-30-21)26-16-22(28)27-20-13-11-19(12-14-20)24(29)25-2/h4,6-15,23,26H,3,5,16H2,1-2H3,(H,25,29)(H,27,28)/p+1/t23-/m1/s1. The maximum atomic E-state index is 12.5. The normalized spacial score (nSPS) is 11.7. The van der Waals surface area contributed by atoms with E-state index in [1.54, 1.807) is 42.6 Å². The van der Waals surface area contributed by atoms with Crippen LogP contribution in [-0.4, -0.2) is 25.4 Å². The van der Waals surface area contributed by atoms with E-state index in [1.807, 2.05) is 6.07 Å². The second-order valence-electron chi connectivity index (χ2n) is 7.13. The Morgan fingerprint density at radius 2 is 1.77 bits per heavy atom. The number of carbonyl (C=O) groups excluding carboxylic acids is 2. The first-order valence-corrected chi connectivity index (χ1v) is 11.1. The van der Waals surface area contributed by atoms with Gasteiger partial charge in [-0.3, -0.25) is 9.59 Å². The van der Waals surface area contributed by atoms with Crippen LogP contribution in [0.4, 0.5) is 5.69 Å². The van der Waals surface area contributed by atoms with Crippen LogP contribution in [0.25, 0.3) is 0 Å². The van der Waals surface area contributed by atoms with Gasteiger partial charge in [0.2, 0.25) is 0 Å². The second kappa shape index (κ2) is 10.7. The molecule has 0 spiro atoms. The van der Waals surface area contributed by atoms with E-state index in [4.69, 9.17) is 0 Å². The molecule has 3 aromatic rings. The average molecular weight is 423 g/mol. The number of benzene rings is 2. The lowest BCUT2D eigenvalue weighted by molar-refractivity contribution is -0.675. The van der Waals surface area contributed by atoms with Crippen LogP contribution in [0.3, 0.4) is 0 Å². The van der Waals surface area contributed by atoms with E-state index < -0.39 is 0 Å². The number of nitrogens with one attached hydrogen (secondary N) is 2. The Morgan fingerprint density at radius 3 is 2.37 bits per heavy atom. The number of hydrogen-bond acceptors (Lipinski definition) is 3. The lowest BCUT2D eigenvalue weighted by Crippen LogP contribution is -2.87. The maximum absolute atomic E-state index is 12.5. The molecule has 0 aliphatic carbocycles. The van der Waals surface area contributed by atoms with Gasteiger partial charge in [0.05, 0.1) is 4.88 Å². The molecule has 30 heavy (non-hydrogen) atoms. The molecule has 4 N–H and O–H groups in total. The largest absolute Gasteiger partial charge is 0.355 e. The Hall–Kier alpha value is -2.96. The first-order chi connectivity index (χ1) is 14.6. The first kappa shape index (κ1) is 21.7. The number of anilines is 1. The molecule has 0 fully saturated rings. The van der Waals surface area contributed by atoms with Gasteiger partial charge in [-0.15, -0.1) is 11.3 Å². The molecule has 0 saturated carbocycles. The maximum Gasteiger partial charge on any atom is 0.279 e. The molecule has 0 bridgehead atoms. The van der Waals surface area contributed by atoms with Gasteiger partial charge in [-0.05, 0) is 47.7 Å². The van der Waals surface area contributed by atoms with Crippen molar-refractivity contribution in [1.29, 1.82) is 0 Å². The van der Waals surface area contributed by atoms with Crippen LogP contribution in [0, 0.1) is 0 Å². The minimum absolute atomic E-state index is 0.0770. The highest BCUT2D eigenvalue weighted by Crippen LogP contribution is 2.23. The molecule has 3 rings (SSSR count). The summed E-state index contributed by atoms with van der Waals surface area (Å²) in [6.45, 7) is 2.48. The number of rotatable bonds is 9. The number of thiophene rings is 1. The summed E-state index contributed by atoms with van der Waals surface area (Å²) < 4.78 is 0.